The summed E-state index contributed by atoms with van der Waals surface area (Å²) < 4.78 is 1.37. The van der Waals surface area contributed by atoms with Gasteiger partial charge in [0.25, 0.3) is 0 Å². The molecule has 0 N–H and O–H groups in total. The molecule has 0 aliphatic heterocycles. The molecule has 0 fully saturated rings. The summed E-state index contributed by atoms with van der Waals surface area (Å²) >= 11 is 9.80. The van der Waals surface area contributed by atoms with E-state index in [0.29, 0.717) is 4.83 Å². The first-order valence-electron chi connectivity index (χ1n) is 4.16. The lowest BCUT2D eigenvalue weighted by Crippen LogP contribution is -1.91. The third-order valence-electron chi connectivity index (χ3n) is 1.89. The molecule has 14 heavy (non-hydrogen) atoms. The first kappa shape index (κ1) is 11.1. The molecule has 0 saturated carbocycles. The summed E-state index contributed by atoms with van der Waals surface area (Å²) in [5.74, 6) is 0. The van der Waals surface area contributed by atoms with Crippen LogP contribution in [0, 0.1) is 3.57 Å². The van der Waals surface area contributed by atoms with Gasteiger partial charge in [-0.1, -0.05) is 22.0 Å². The molecule has 2 rings (SSSR count). The fourth-order valence-electron chi connectivity index (χ4n) is 1.23. The van der Waals surface area contributed by atoms with E-state index in [1.54, 1.807) is 0 Å². The number of halogens is 2. The Hall–Kier alpha value is 0.610. The molecule has 1 atom stereocenters. The summed E-state index contributed by atoms with van der Waals surface area (Å²) in [4.78, 5) is 3.35. The van der Waals surface area contributed by atoms with E-state index in [-0.39, 0.29) is 0 Å². The van der Waals surface area contributed by atoms with Gasteiger partial charge in [0.15, 0.2) is 0 Å². The van der Waals surface area contributed by atoms with Crippen LogP contribution >= 0.6 is 61.2 Å². The Morgan fingerprint density at radius 3 is 2.71 bits per heavy atom. The van der Waals surface area contributed by atoms with E-state index < -0.39 is 0 Å². The fraction of sp³-hybridized carbons (Fsp3) is 0.200. The monoisotopic (exact) mass is 398 g/mol. The largest absolute Gasteiger partial charge is 0.149 e. The average molecular weight is 399 g/mol. The molecule has 0 aromatic carbocycles. The Bertz CT molecular complexity index is 394. The Morgan fingerprint density at radius 1 is 1.29 bits per heavy atom. The number of rotatable bonds is 3. The summed E-state index contributed by atoms with van der Waals surface area (Å²) in [5.41, 5.74) is 0. The molecule has 2 heterocycles. The van der Waals surface area contributed by atoms with E-state index >= 15 is 0 Å². The van der Waals surface area contributed by atoms with E-state index in [0.717, 1.165) is 6.42 Å². The van der Waals surface area contributed by atoms with Crippen LogP contribution in [0.3, 0.4) is 0 Å². The van der Waals surface area contributed by atoms with Gasteiger partial charge in [0, 0.05) is 13.3 Å². The predicted octanol–water partition coefficient (Wildman–Crippen LogP) is 5.09. The van der Waals surface area contributed by atoms with Crippen LogP contribution in [0.1, 0.15) is 14.6 Å². The molecule has 0 aliphatic carbocycles. The second kappa shape index (κ2) is 5.09. The highest BCUT2D eigenvalue weighted by Crippen LogP contribution is 2.35. The number of hydrogen-bond donors (Lipinski definition) is 0. The van der Waals surface area contributed by atoms with Gasteiger partial charge in [-0.05, 0) is 51.9 Å². The smallest absolute Gasteiger partial charge is 0.0547 e. The lowest BCUT2D eigenvalue weighted by atomic mass is 10.2. The van der Waals surface area contributed by atoms with Crippen LogP contribution in [-0.2, 0) is 6.42 Å². The normalized spacial score (nSPS) is 13.0. The Balaban J connectivity index is 2.10. The minimum atomic E-state index is 0.466. The van der Waals surface area contributed by atoms with Crippen LogP contribution in [-0.4, -0.2) is 0 Å². The van der Waals surface area contributed by atoms with Crippen LogP contribution in [0.25, 0.3) is 0 Å². The van der Waals surface area contributed by atoms with Crippen molar-refractivity contribution in [2.24, 2.45) is 0 Å². The van der Waals surface area contributed by atoms with Gasteiger partial charge in [0.05, 0.1) is 4.83 Å². The zero-order chi connectivity index (χ0) is 9.97. The van der Waals surface area contributed by atoms with E-state index in [9.17, 15) is 0 Å². The molecule has 0 saturated heterocycles. The molecule has 0 spiro atoms. The van der Waals surface area contributed by atoms with Gasteiger partial charge in [0.1, 0.15) is 0 Å². The molecule has 2 aromatic heterocycles. The van der Waals surface area contributed by atoms with E-state index in [1.165, 1.54) is 13.3 Å². The zero-order valence-electron chi connectivity index (χ0n) is 7.24. The topological polar surface area (TPSA) is 0 Å². The van der Waals surface area contributed by atoms with Crippen LogP contribution in [0.4, 0.5) is 0 Å². The van der Waals surface area contributed by atoms with Crippen molar-refractivity contribution in [2.75, 3.05) is 0 Å². The van der Waals surface area contributed by atoms with Gasteiger partial charge in [0.2, 0.25) is 0 Å². The van der Waals surface area contributed by atoms with Crippen LogP contribution in [0.2, 0.25) is 0 Å². The summed E-state index contributed by atoms with van der Waals surface area (Å²) in [6.07, 6.45) is 1.09. The van der Waals surface area contributed by atoms with Gasteiger partial charge in [-0.2, -0.15) is 0 Å². The molecule has 0 nitrogen and oxygen atoms in total. The first-order valence-corrected chi connectivity index (χ1v) is 7.92. The summed E-state index contributed by atoms with van der Waals surface area (Å²) in [6.45, 7) is 0. The molecule has 1 unspecified atom stereocenters. The number of thiophene rings is 2. The van der Waals surface area contributed by atoms with E-state index in [2.05, 4.69) is 67.5 Å². The van der Waals surface area contributed by atoms with Gasteiger partial charge in [-0.25, -0.2) is 0 Å². The molecular weight excluding hydrogens is 391 g/mol. The van der Waals surface area contributed by atoms with Crippen molar-refractivity contribution in [3.63, 3.8) is 0 Å². The van der Waals surface area contributed by atoms with Gasteiger partial charge in [-0.15, -0.1) is 22.7 Å². The highest BCUT2D eigenvalue weighted by molar-refractivity contribution is 14.1. The molecule has 0 amide bonds. The van der Waals surface area contributed by atoms with Crippen molar-refractivity contribution in [1.82, 2.24) is 0 Å². The van der Waals surface area contributed by atoms with Crippen molar-refractivity contribution in [3.8, 4) is 0 Å². The zero-order valence-corrected chi connectivity index (χ0v) is 12.6. The highest BCUT2D eigenvalue weighted by Gasteiger charge is 2.13. The van der Waals surface area contributed by atoms with Gasteiger partial charge in [-0.3, -0.25) is 0 Å². The Kier molecular flexibility index (Phi) is 4.04. The maximum atomic E-state index is 3.75. The van der Waals surface area contributed by atoms with Crippen LogP contribution in [0.15, 0.2) is 29.0 Å². The standard InChI is InChI=1S/C10H8BrIS2/c11-8(6-7-2-1-4-13-7)10-9(12)3-5-14-10/h1-5,8H,6H2. The summed E-state index contributed by atoms with van der Waals surface area (Å²) in [7, 11) is 0. The molecule has 0 radical (unpaired) electrons. The summed E-state index contributed by atoms with van der Waals surface area (Å²) in [5, 5.41) is 4.29. The second-order valence-electron chi connectivity index (χ2n) is 2.88. The second-order valence-corrected chi connectivity index (χ2v) is 7.13. The van der Waals surface area contributed by atoms with Crippen LogP contribution in [0.5, 0.6) is 0 Å². The predicted molar refractivity (Wildman–Crippen MR) is 76.7 cm³/mol. The van der Waals surface area contributed by atoms with Crippen molar-refractivity contribution in [2.45, 2.75) is 11.2 Å². The van der Waals surface area contributed by atoms with E-state index in [1.807, 2.05) is 22.7 Å². The van der Waals surface area contributed by atoms with Crippen LogP contribution < -0.4 is 0 Å². The SMILES string of the molecule is BrC(Cc1cccs1)c1sccc1I. The third kappa shape index (κ3) is 2.59. The summed E-state index contributed by atoms with van der Waals surface area (Å²) in [6, 6.07) is 6.47. The number of hydrogen-bond acceptors (Lipinski definition) is 2. The quantitative estimate of drug-likeness (QED) is 0.498. The Morgan fingerprint density at radius 2 is 2.14 bits per heavy atom. The maximum Gasteiger partial charge on any atom is 0.0547 e. The van der Waals surface area contributed by atoms with Crippen molar-refractivity contribution in [3.05, 3.63) is 42.3 Å². The molecule has 0 aliphatic rings. The molecule has 74 valence electrons. The van der Waals surface area contributed by atoms with Crippen molar-refractivity contribution < 1.29 is 0 Å². The minimum absolute atomic E-state index is 0.466. The fourth-order valence-corrected chi connectivity index (χ4v) is 5.48. The Labute approximate surface area is 114 Å². The third-order valence-corrected chi connectivity index (χ3v) is 6.21. The highest BCUT2D eigenvalue weighted by atomic mass is 127. The first-order chi connectivity index (χ1) is 6.77. The molecule has 2 aromatic rings. The molecular formula is C10H8BrIS2. The van der Waals surface area contributed by atoms with Crippen molar-refractivity contribution in [1.29, 1.82) is 0 Å². The van der Waals surface area contributed by atoms with Gasteiger partial charge >= 0.3 is 0 Å². The molecule has 0 bridgehead atoms. The molecule has 4 heteroatoms. The van der Waals surface area contributed by atoms with E-state index in [4.69, 9.17) is 0 Å². The van der Waals surface area contributed by atoms with Crippen molar-refractivity contribution >= 4 is 61.2 Å². The van der Waals surface area contributed by atoms with Gasteiger partial charge < -0.3 is 0 Å². The lowest BCUT2D eigenvalue weighted by molar-refractivity contribution is 0.986. The lowest BCUT2D eigenvalue weighted by Gasteiger charge is -2.06. The maximum absolute atomic E-state index is 3.75. The number of alkyl halides is 1. The average Bonchev–Trinajstić information content (AvgIpc) is 2.75. The minimum Gasteiger partial charge on any atom is -0.149 e.